The summed E-state index contributed by atoms with van der Waals surface area (Å²) in [5.74, 6) is -0.150. The first kappa shape index (κ1) is 20.7. The monoisotopic (exact) mass is 434 g/mol. The maximum absolute atomic E-state index is 12.9. The van der Waals surface area contributed by atoms with Gasteiger partial charge in [0.2, 0.25) is 11.8 Å². The average Bonchev–Trinajstić information content (AvgIpc) is 3.37. The van der Waals surface area contributed by atoms with Crippen LogP contribution in [0.1, 0.15) is 53.6 Å². The highest BCUT2D eigenvalue weighted by Crippen LogP contribution is 2.33. The quantitative estimate of drug-likeness (QED) is 0.707. The number of carbonyl (C=O) groups is 3. The number of hydrogen-bond donors (Lipinski definition) is 1. The highest BCUT2D eigenvalue weighted by Gasteiger charge is 2.39. The van der Waals surface area contributed by atoms with E-state index in [2.05, 4.69) is 17.4 Å². The van der Waals surface area contributed by atoms with Crippen LogP contribution in [0, 0.1) is 0 Å². The minimum Gasteiger partial charge on any atom is -0.488 e. The Morgan fingerprint density at radius 2 is 1.78 bits per heavy atom. The number of fused-ring (bicyclic) bond motifs is 1. The van der Waals surface area contributed by atoms with Crippen molar-refractivity contribution in [2.75, 3.05) is 0 Å². The van der Waals surface area contributed by atoms with Gasteiger partial charge in [-0.1, -0.05) is 30.3 Å². The average molecular weight is 434 g/mol. The molecule has 7 heteroatoms. The molecule has 2 aromatic rings. The molecule has 2 heterocycles. The van der Waals surface area contributed by atoms with Crippen LogP contribution >= 0.6 is 0 Å². The Morgan fingerprint density at radius 1 is 0.969 bits per heavy atom. The number of piperidine rings is 1. The van der Waals surface area contributed by atoms with Gasteiger partial charge < -0.3 is 14.4 Å². The molecule has 1 saturated heterocycles. The largest absolute Gasteiger partial charge is 0.488 e. The zero-order valence-corrected chi connectivity index (χ0v) is 17.8. The van der Waals surface area contributed by atoms with Crippen molar-refractivity contribution in [2.24, 2.45) is 0 Å². The lowest BCUT2D eigenvalue weighted by atomic mass is 10.0. The third kappa shape index (κ3) is 4.12. The summed E-state index contributed by atoms with van der Waals surface area (Å²) < 4.78 is 12.4. The Bertz CT molecular complexity index is 1040. The fourth-order valence-corrected chi connectivity index (χ4v) is 4.79. The van der Waals surface area contributed by atoms with Gasteiger partial charge >= 0.3 is 0 Å². The van der Waals surface area contributed by atoms with E-state index in [0.29, 0.717) is 30.9 Å². The van der Waals surface area contributed by atoms with E-state index in [0.717, 1.165) is 30.4 Å². The number of benzene rings is 2. The molecule has 2 fully saturated rings. The van der Waals surface area contributed by atoms with Gasteiger partial charge in [-0.25, -0.2) is 0 Å². The Hall–Kier alpha value is -3.19. The lowest BCUT2D eigenvalue weighted by Crippen LogP contribution is -2.52. The van der Waals surface area contributed by atoms with Crippen LogP contribution in [0.15, 0.2) is 48.5 Å². The van der Waals surface area contributed by atoms with Gasteiger partial charge in [0.05, 0.1) is 12.7 Å². The second-order valence-electron chi connectivity index (χ2n) is 8.64. The predicted molar refractivity (Wildman–Crippen MR) is 116 cm³/mol. The van der Waals surface area contributed by atoms with Crippen molar-refractivity contribution < 1.29 is 23.9 Å². The van der Waals surface area contributed by atoms with E-state index in [1.165, 1.54) is 0 Å². The molecule has 2 aliphatic heterocycles. The van der Waals surface area contributed by atoms with Crippen LogP contribution in [-0.2, 0) is 27.5 Å². The molecule has 166 valence electrons. The predicted octanol–water partition coefficient (Wildman–Crippen LogP) is 2.96. The van der Waals surface area contributed by atoms with Crippen LogP contribution in [0.25, 0.3) is 0 Å². The fourth-order valence-electron chi connectivity index (χ4n) is 4.79. The number of imide groups is 1. The van der Waals surface area contributed by atoms with Crippen molar-refractivity contribution >= 4 is 17.7 Å². The van der Waals surface area contributed by atoms with E-state index in [9.17, 15) is 14.4 Å². The van der Waals surface area contributed by atoms with Crippen LogP contribution in [0.2, 0.25) is 0 Å². The molecule has 7 nitrogen and oxygen atoms in total. The van der Waals surface area contributed by atoms with Gasteiger partial charge in [-0.2, -0.15) is 0 Å². The first-order valence-electron chi connectivity index (χ1n) is 11.2. The molecule has 1 aliphatic carbocycles. The highest BCUT2D eigenvalue weighted by molar-refractivity contribution is 6.05. The third-order valence-electron chi connectivity index (χ3n) is 6.48. The Kier molecular flexibility index (Phi) is 5.66. The van der Waals surface area contributed by atoms with Crippen molar-refractivity contribution in [1.82, 2.24) is 10.2 Å². The van der Waals surface area contributed by atoms with E-state index < -0.39 is 11.9 Å². The smallest absolute Gasteiger partial charge is 0.255 e. The minimum absolute atomic E-state index is 0.0277. The second kappa shape index (κ2) is 8.74. The van der Waals surface area contributed by atoms with E-state index in [1.54, 1.807) is 11.0 Å². The number of hydrogen-bond acceptors (Lipinski definition) is 5. The van der Waals surface area contributed by atoms with E-state index in [-0.39, 0.29) is 30.4 Å². The summed E-state index contributed by atoms with van der Waals surface area (Å²) in [7, 11) is 0. The van der Waals surface area contributed by atoms with Crippen molar-refractivity contribution in [3.05, 3.63) is 65.2 Å². The topological polar surface area (TPSA) is 84.9 Å². The number of carbonyl (C=O) groups excluding carboxylic acids is 3. The minimum atomic E-state index is -0.609. The van der Waals surface area contributed by atoms with Crippen LogP contribution in [0.3, 0.4) is 0 Å². The molecule has 3 atom stereocenters. The lowest BCUT2D eigenvalue weighted by molar-refractivity contribution is -0.136. The fraction of sp³-hybridized carbons (Fsp3) is 0.400. The highest BCUT2D eigenvalue weighted by atomic mass is 16.5. The summed E-state index contributed by atoms with van der Waals surface area (Å²) in [5.41, 5.74) is 2.57. The molecule has 3 amide bonds. The SMILES string of the molecule is O=C1CCC(N2Cc3cc(OC4CCC[C@@H]4OCc4ccccc4)ccc3C2=O)C(=O)N1. The summed E-state index contributed by atoms with van der Waals surface area (Å²) in [6, 6.07) is 15.0. The van der Waals surface area contributed by atoms with Gasteiger partial charge in [0.15, 0.2) is 0 Å². The zero-order chi connectivity index (χ0) is 22.1. The molecule has 32 heavy (non-hydrogen) atoms. The Balaban J connectivity index is 1.24. The van der Waals surface area contributed by atoms with Crippen LogP contribution in [0.5, 0.6) is 5.75 Å². The van der Waals surface area contributed by atoms with Gasteiger partial charge in [0.25, 0.3) is 5.91 Å². The summed E-state index contributed by atoms with van der Waals surface area (Å²) in [4.78, 5) is 38.1. The molecular formula is C25H26N2O5. The normalized spacial score (nSPS) is 25.1. The maximum Gasteiger partial charge on any atom is 0.255 e. The molecular weight excluding hydrogens is 408 g/mol. The van der Waals surface area contributed by atoms with Gasteiger partial charge in [0, 0.05) is 18.5 Å². The number of nitrogens with one attached hydrogen (secondary N) is 1. The molecule has 2 unspecified atom stereocenters. The van der Waals surface area contributed by atoms with Crippen LogP contribution in [-0.4, -0.2) is 40.9 Å². The van der Waals surface area contributed by atoms with E-state index >= 15 is 0 Å². The van der Waals surface area contributed by atoms with Crippen molar-refractivity contribution in [3.63, 3.8) is 0 Å². The first-order chi connectivity index (χ1) is 15.6. The third-order valence-corrected chi connectivity index (χ3v) is 6.48. The molecule has 0 aromatic heterocycles. The molecule has 0 bridgehead atoms. The van der Waals surface area contributed by atoms with Gasteiger partial charge in [-0.15, -0.1) is 0 Å². The van der Waals surface area contributed by atoms with Crippen LogP contribution in [0.4, 0.5) is 0 Å². The maximum atomic E-state index is 12.9. The molecule has 1 N–H and O–H groups in total. The van der Waals surface area contributed by atoms with E-state index in [1.807, 2.05) is 30.3 Å². The molecule has 2 aromatic carbocycles. The number of rotatable bonds is 6. The van der Waals surface area contributed by atoms with Crippen molar-refractivity contribution in [2.45, 2.75) is 63.5 Å². The summed E-state index contributed by atoms with van der Waals surface area (Å²) in [5, 5.41) is 2.33. The number of amides is 3. The Labute approximate surface area is 186 Å². The molecule has 5 rings (SSSR count). The van der Waals surface area contributed by atoms with E-state index in [4.69, 9.17) is 9.47 Å². The second-order valence-corrected chi connectivity index (χ2v) is 8.64. The number of nitrogens with zero attached hydrogens (tertiary/aromatic N) is 1. The summed E-state index contributed by atoms with van der Waals surface area (Å²) in [6.45, 7) is 0.904. The zero-order valence-electron chi connectivity index (χ0n) is 17.8. The summed E-state index contributed by atoms with van der Waals surface area (Å²) in [6.07, 6.45) is 3.55. The Morgan fingerprint density at radius 3 is 2.59 bits per heavy atom. The van der Waals surface area contributed by atoms with Gasteiger partial charge in [-0.05, 0) is 55.0 Å². The first-order valence-corrected chi connectivity index (χ1v) is 11.2. The van der Waals surface area contributed by atoms with Gasteiger partial charge in [-0.3, -0.25) is 19.7 Å². The van der Waals surface area contributed by atoms with Crippen molar-refractivity contribution in [1.29, 1.82) is 0 Å². The summed E-state index contributed by atoms with van der Waals surface area (Å²) >= 11 is 0. The molecule has 3 aliphatic rings. The molecule has 0 spiro atoms. The lowest BCUT2D eigenvalue weighted by Gasteiger charge is -2.29. The molecule has 1 saturated carbocycles. The van der Waals surface area contributed by atoms with Gasteiger partial charge in [0.1, 0.15) is 17.9 Å². The standard InChI is InChI=1S/C25H26N2O5/c28-23-12-11-20(24(29)26-23)27-14-17-13-18(9-10-19(17)25(27)30)32-22-8-4-7-21(22)31-15-16-5-2-1-3-6-16/h1-3,5-6,9-10,13,20-22H,4,7-8,11-12,14-15H2,(H,26,28,29)/t20?,21-,22?/m0/s1. The van der Waals surface area contributed by atoms with Crippen LogP contribution < -0.4 is 10.1 Å². The molecule has 0 radical (unpaired) electrons. The number of ether oxygens (including phenoxy) is 2. The van der Waals surface area contributed by atoms with Crippen molar-refractivity contribution in [3.8, 4) is 5.75 Å².